The number of halogens is 1. The molecular formula is C18H26ClN3OS. The third-order valence-electron chi connectivity index (χ3n) is 3.72. The second kappa shape index (κ2) is 11.2. The summed E-state index contributed by atoms with van der Waals surface area (Å²) in [6.45, 7) is 3.30. The summed E-state index contributed by atoms with van der Waals surface area (Å²) in [5, 5.41) is 4.01. The van der Waals surface area contributed by atoms with Crippen molar-refractivity contribution in [2.75, 3.05) is 6.54 Å². The number of nitrogens with two attached hydrogens (primary N) is 1. The molecule has 0 bridgehead atoms. The Bertz CT molecular complexity index is 616. The average Bonchev–Trinajstić information content (AvgIpc) is 2.94. The molecule has 1 aromatic heterocycles. The normalized spacial score (nSPS) is 10.2. The van der Waals surface area contributed by atoms with Gasteiger partial charge in [0.1, 0.15) is 5.01 Å². The number of aromatic nitrogens is 1. The molecule has 24 heavy (non-hydrogen) atoms. The van der Waals surface area contributed by atoms with Gasteiger partial charge in [-0.1, -0.05) is 43.2 Å². The number of amides is 1. The Labute approximate surface area is 154 Å². The van der Waals surface area contributed by atoms with Crippen LogP contribution in [0.4, 0.5) is 0 Å². The molecule has 4 nitrogen and oxygen atoms in total. The van der Waals surface area contributed by atoms with Gasteiger partial charge in [-0.15, -0.1) is 23.7 Å². The predicted octanol–water partition coefficient (Wildman–Crippen LogP) is 4.07. The fourth-order valence-electron chi connectivity index (χ4n) is 2.35. The lowest BCUT2D eigenvalue weighted by Crippen LogP contribution is -2.22. The first kappa shape index (κ1) is 20.6. The molecule has 2 aromatic rings. The highest BCUT2D eigenvalue weighted by molar-refractivity contribution is 7.15. The van der Waals surface area contributed by atoms with Crippen LogP contribution in [-0.4, -0.2) is 17.4 Å². The molecule has 0 saturated heterocycles. The van der Waals surface area contributed by atoms with Crippen LogP contribution in [0.5, 0.6) is 0 Å². The minimum Gasteiger partial charge on any atom is -0.351 e. The number of carbonyl (C=O) groups is 1. The zero-order chi connectivity index (χ0) is 16.5. The van der Waals surface area contributed by atoms with Crippen molar-refractivity contribution in [3.8, 4) is 10.6 Å². The van der Waals surface area contributed by atoms with E-state index in [0.29, 0.717) is 13.0 Å². The van der Waals surface area contributed by atoms with Gasteiger partial charge in [0.2, 0.25) is 5.91 Å². The van der Waals surface area contributed by atoms with E-state index < -0.39 is 0 Å². The molecule has 1 aromatic carbocycles. The number of benzene rings is 1. The second-order valence-electron chi connectivity index (χ2n) is 5.62. The third-order valence-corrected chi connectivity index (χ3v) is 4.92. The number of carbonyl (C=O) groups excluding carboxylic acids is 1. The lowest BCUT2D eigenvalue weighted by Gasteiger charge is -2.04. The molecule has 6 heteroatoms. The summed E-state index contributed by atoms with van der Waals surface area (Å²) >= 11 is 1.65. The van der Waals surface area contributed by atoms with Crippen LogP contribution in [0.15, 0.2) is 30.3 Å². The molecule has 0 atom stereocenters. The van der Waals surface area contributed by atoms with Gasteiger partial charge >= 0.3 is 0 Å². The predicted molar refractivity (Wildman–Crippen MR) is 104 cm³/mol. The zero-order valence-electron chi connectivity index (χ0n) is 14.1. The molecule has 1 heterocycles. The van der Waals surface area contributed by atoms with Crippen molar-refractivity contribution in [2.45, 2.75) is 45.6 Å². The number of hydrogen-bond acceptors (Lipinski definition) is 4. The first-order valence-corrected chi connectivity index (χ1v) is 9.01. The molecule has 1 amide bonds. The number of rotatable bonds is 9. The first-order chi connectivity index (χ1) is 11.2. The lowest BCUT2D eigenvalue weighted by atomic mass is 10.1. The second-order valence-corrected chi connectivity index (χ2v) is 6.71. The molecule has 0 saturated carbocycles. The minimum atomic E-state index is 0. The summed E-state index contributed by atoms with van der Waals surface area (Å²) in [6.07, 6.45) is 4.75. The number of aryl methyl sites for hydroxylation is 1. The molecule has 2 rings (SSSR count). The summed E-state index contributed by atoms with van der Waals surface area (Å²) in [4.78, 5) is 17.6. The number of hydrogen-bond donors (Lipinski definition) is 2. The van der Waals surface area contributed by atoms with Crippen molar-refractivity contribution in [2.24, 2.45) is 5.73 Å². The van der Waals surface area contributed by atoms with E-state index in [1.165, 1.54) is 0 Å². The largest absolute Gasteiger partial charge is 0.351 e. The summed E-state index contributed by atoms with van der Waals surface area (Å²) in [6, 6.07) is 10.1. The van der Waals surface area contributed by atoms with E-state index in [1.807, 2.05) is 25.1 Å². The van der Waals surface area contributed by atoms with Gasteiger partial charge in [-0.05, 0) is 26.3 Å². The summed E-state index contributed by atoms with van der Waals surface area (Å²) in [5.74, 6) is 0.117. The molecule has 0 fully saturated rings. The van der Waals surface area contributed by atoms with Gasteiger partial charge in [-0.3, -0.25) is 4.79 Å². The number of nitrogens with zero attached hydrogens (tertiary/aromatic N) is 1. The van der Waals surface area contributed by atoms with Crippen molar-refractivity contribution < 1.29 is 4.79 Å². The van der Waals surface area contributed by atoms with Crippen LogP contribution in [-0.2, 0) is 11.3 Å². The Morgan fingerprint density at radius 2 is 1.88 bits per heavy atom. The van der Waals surface area contributed by atoms with Gasteiger partial charge in [0, 0.05) is 16.9 Å². The summed E-state index contributed by atoms with van der Waals surface area (Å²) < 4.78 is 0. The molecule has 3 N–H and O–H groups in total. The van der Waals surface area contributed by atoms with Gasteiger partial charge in [-0.2, -0.15) is 0 Å². The Balaban J connectivity index is 0.00000288. The van der Waals surface area contributed by atoms with E-state index in [4.69, 9.17) is 5.73 Å². The van der Waals surface area contributed by atoms with Crippen LogP contribution in [0.1, 0.15) is 42.7 Å². The van der Waals surface area contributed by atoms with Gasteiger partial charge in [0.25, 0.3) is 0 Å². The molecule has 132 valence electrons. The van der Waals surface area contributed by atoms with E-state index >= 15 is 0 Å². The Hall–Kier alpha value is -1.43. The van der Waals surface area contributed by atoms with Gasteiger partial charge < -0.3 is 11.1 Å². The van der Waals surface area contributed by atoms with Crippen LogP contribution in [0.2, 0.25) is 0 Å². The number of unbranched alkanes of at least 4 members (excludes halogenated alkanes) is 3. The van der Waals surface area contributed by atoms with Crippen molar-refractivity contribution in [3.63, 3.8) is 0 Å². The van der Waals surface area contributed by atoms with Crippen molar-refractivity contribution >= 4 is 29.7 Å². The van der Waals surface area contributed by atoms with Crippen molar-refractivity contribution in [3.05, 3.63) is 40.9 Å². The minimum absolute atomic E-state index is 0. The van der Waals surface area contributed by atoms with Crippen LogP contribution < -0.4 is 11.1 Å². The smallest absolute Gasteiger partial charge is 0.220 e. The maximum absolute atomic E-state index is 11.9. The lowest BCUT2D eigenvalue weighted by molar-refractivity contribution is -0.121. The van der Waals surface area contributed by atoms with E-state index in [9.17, 15) is 4.79 Å². The summed E-state index contributed by atoms with van der Waals surface area (Å²) in [5.41, 5.74) is 7.58. The van der Waals surface area contributed by atoms with Crippen molar-refractivity contribution in [1.82, 2.24) is 10.3 Å². The highest BCUT2D eigenvalue weighted by Crippen LogP contribution is 2.27. The monoisotopic (exact) mass is 367 g/mol. The van der Waals surface area contributed by atoms with Gasteiger partial charge in [-0.25, -0.2) is 4.98 Å². The topological polar surface area (TPSA) is 68.0 Å². The maximum Gasteiger partial charge on any atom is 0.220 e. The SMILES string of the molecule is Cc1nc(-c2ccccc2)sc1CNC(=O)CCCCCCN.Cl. The fourth-order valence-corrected chi connectivity index (χ4v) is 3.35. The Morgan fingerprint density at radius 1 is 1.17 bits per heavy atom. The van der Waals surface area contributed by atoms with Gasteiger partial charge in [0.05, 0.1) is 12.2 Å². The molecule has 0 aliphatic carbocycles. The number of nitrogens with one attached hydrogen (secondary N) is 1. The molecule has 0 aliphatic rings. The van der Waals surface area contributed by atoms with Crippen molar-refractivity contribution in [1.29, 1.82) is 0 Å². The van der Waals surface area contributed by atoms with E-state index in [1.54, 1.807) is 11.3 Å². The summed E-state index contributed by atoms with van der Waals surface area (Å²) in [7, 11) is 0. The molecular weight excluding hydrogens is 342 g/mol. The quantitative estimate of drug-likeness (QED) is 0.656. The van der Waals surface area contributed by atoms with Crippen LogP contribution in [0.25, 0.3) is 10.6 Å². The molecule has 0 unspecified atom stereocenters. The standard InChI is InChI=1S/C18H25N3OS.ClH/c1-14-16(13-20-17(22)11-7-2-3-8-12-19)23-18(21-14)15-9-5-4-6-10-15;/h4-6,9-10H,2-3,7-8,11-13,19H2,1H3,(H,20,22);1H. The molecule has 0 spiro atoms. The van der Waals surface area contributed by atoms with Crippen LogP contribution in [0.3, 0.4) is 0 Å². The van der Waals surface area contributed by atoms with E-state index in [-0.39, 0.29) is 18.3 Å². The maximum atomic E-state index is 11.9. The first-order valence-electron chi connectivity index (χ1n) is 8.19. The van der Waals surface area contributed by atoms with Gasteiger partial charge in [0.15, 0.2) is 0 Å². The molecule has 0 radical (unpaired) electrons. The Morgan fingerprint density at radius 3 is 2.58 bits per heavy atom. The highest BCUT2D eigenvalue weighted by Gasteiger charge is 2.10. The Kier molecular flexibility index (Phi) is 9.60. The molecule has 0 aliphatic heterocycles. The van der Waals surface area contributed by atoms with E-state index in [0.717, 1.165) is 53.4 Å². The third kappa shape index (κ3) is 6.59. The van der Waals surface area contributed by atoms with E-state index in [2.05, 4.69) is 22.4 Å². The average molecular weight is 368 g/mol. The van der Waals surface area contributed by atoms with Crippen LogP contribution in [0, 0.1) is 6.92 Å². The number of thiazole rings is 1. The van der Waals surface area contributed by atoms with Crippen LogP contribution >= 0.6 is 23.7 Å². The fraction of sp³-hybridized carbons (Fsp3) is 0.444. The highest BCUT2D eigenvalue weighted by atomic mass is 35.5. The zero-order valence-corrected chi connectivity index (χ0v) is 15.7.